The van der Waals surface area contributed by atoms with E-state index in [0.29, 0.717) is 5.17 Å². The fourth-order valence-electron chi connectivity index (χ4n) is 4.63. The monoisotopic (exact) mass is 500 g/mol. The molecule has 1 aromatic heterocycles. The number of thioether (sulfide) groups is 1. The molecule has 0 radical (unpaired) electrons. The summed E-state index contributed by atoms with van der Waals surface area (Å²) in [5.41, 5.74) is 4.49. The number of carbonyl (C=O) groups is 1. The third-order valence-corrected chi connectivity index (χ3v) is 7.78. The van der Waals surface area contributed by atoms with E-state index in [1.165, 1.54) is 23.3 Å². The Labute approximate surface area is 214 Å². The quantitative estimate of drug-likeness (QED) is 0.351. The molecule has 1 N–H and O–H groups in total. The van der Waals surface area contributed by atoms with Crippen LogP contribution < -0.4 is 5.32 Å². The lowest BCUT2D eigenvalue weighted by molar-refractivity contribution is -0.128. The number of aromatic nitrogens is 2. The minimum absolute atomic E-state index is 0.0325. The summed E-state index contributed by atoms with van der Waals surface area (Å²) in [4.78, 5) is 17.9. The highest BCUT2D eigenvalue weighted by atomic mass is 32.2. The van der Waals surface area contributed by atoms with E-state index in [9.17, 15) is 9.18 Å². The maximum atomic E-state index is 13.5. The number of nitrogens with one attached hydrogen (secondary N) is 1. The molecule has 5 rings (SSSR count). The second-order valence-electron chi connectivity index (χ2n) is 9.80. The average Bonchev–Trinajstić information content (AvgIpc) is 3.53. The number of carbonyl (C=O) groups excluding carboxylic acids is 1. The van der Waals surface area contributed by atoms with Crippen LogP contribution in [0.2, 0.25) is 0 Å². The molecule has 184 valence electrons. The Bertz CT molecular complexity index is 1420. The van der Waals surface area contributed by atoms with Crippen molar-refractivity contribution in [1.82, 2.24) is 15.1 Å². The van der Waals surface area contributed by atoms with Crippen LogP contribution in [0.25, 0.3) is 16.6 Å². The molecule has 0 bridgehead atoms. The predicted octanol–water partition coefficient (Wildman–Crippen LogP) is 6.04. The van der Waals surface area contributed by atoms with Crippen LogP contribution in [-0.2, 0) is 11.2 Å². The van der Waals surface area contributed by atoms with Crippen LogP contribution in [-0.4, -0.2) is 33.2 Å². The second kappa shape index (κ2) is 9.90. The van der Waals surface area contributed by atoms with Crippen LogP contribution in [0.1, 0.15) is 36.5 Å². The Kier molecular flexibility index (Phi) is 6.67. The molecule has 1 aliphatic heterocycles. The highest BCUT2D eigenvalue weighted by Crippen LogP contribution is 2.40. The molecule has 36 heavy (non-hydrogen) atoms. The van der Waals surface area contributed by atoms with Gasteiger partial charge < -0.3 is 5.32 Å². The number of amidine groups is 1. The fraction of sp³-hybridized carbons (Fsp3) is 0.276. The zero-order valence-electron chi connectivity index (χ0n) is 20.7. The van der Waals surface area contributed by atoms with Gasteiger partial charge >= 0.3 is 0 Å². The summed E-state index contributed by atoms with van der Waals surface area (Å²) in [5.74, 6) is 0.511. The van der Waals surface area contributed by atoms with Gasteiger partial charge in [0, 0.05) is 17.1 Å². The van der Waals surface area contributed by atoms with Gasteiger partial charge in [-0.2, -0.15) is 5.10 Å². The number of fused-ring (bicyclic) bond motifs is 1. The van der Waals surface area contributed by atoms with Gasteiger partial charge in [-0.15, -0.1) is 0 Å². The maximum Gasteiger partial charge on any atom is 0.232 e. The maximum absolute atomic E-state index is 13.5. The molecule has 0 aliphatic carbocycles. The van der Waals surface area contributed by atoms with Crippen molar-refractivity contribution < 1.29 is 9.18 Å². The molecule has 4 aromatic rings. The molecule has 0 fully saturated rings. The standard InChI is InChI=1S/C29H29FN4OS/c1-19-4-6-20(7-5-19)16-25(29(2,3)27(35)33-28-31-14-15-36-28)21-8-13-26-22(17-21)18-32-34(26)24-11-9-23(30)10-12-24/h4-13,17-18,25H,14-16H2,1-3H3,(H,31,33,35). The molecule has 0 spiro atoms. The number of benzene rings is 3. The third kappa shape index (κ3) is 4.93. The summed E-state index contributed by atoms with van der Waals surface area (Å²) >= 11 is 1.59. The Hall–Kier alpha value is -3.45. The summed E-state index contributed by atoms with van der Waals surface area (Å²) in [6, 6.07) is 21.0. The molecule has 1 unspecified atom stereocenters. The fourth-order valence-corrected chi connectivity index (χ4v) is 5.36. The van der Waals surface area contributed by atoms with Crippen molar-refractivity contribution in [3.05, 3.63) is 95.4 Å². The van der Waals surface area contributed by atoms with E-state index in [1.54, 1.807) is 28.6 Å². The minimum Gasteiger partial charge on any atom is -0.305 e. The predicted molar refractivity (Wildman–Crippen MR) is 145 cm³/mol. The van der Waals surface area contributed by atoms with Gasteiger partial charge in [0.2, 0.25) is 5.91 Å². The van der Waals surface area contributed by atoms with Crippen molar-refractivity contribution >= 4 is 33.7 Å². The number of halogens is 1. The molecule has 0 saturated heterocycles. The van der Waals surface area contributed by atoms with Crippen molar-refractivity contribution in [2.24, 2.45) is 10.4 Å². The Morgan fingerprint density at radius 1 is 1.11 bits per heavy atom. The molecule has 0 saturated carbocycles. The van der Waals surface area contributed by atoms with E-state index in [4.69, 9.17) is 0 Å². The van der Waals surface area contributed by atoms with E-state index in [1.807, 2.05) is 26.1 Å². The first-order valence-electron chi connectivity index (χ1n) is 12.1. The zero-order valence-corrected chi connectivity index (χ0v) is 21.5. The van der Waals surface area contributed by atoms with Gasteiger partial charge in [-0.1, -0.05) is 61.5 Å². The second-order valence-corrected chi connectivity index (χ2v) is 10.9. The smallest absolute Gasteiger partial charge is 0.232 e. The first kappa shape index (κ1) is 24.3. The number of hydrogen-bond donors (Lipinski definition) is 1. The van der Waals surface area contributed by atoms with Crippen LogP contribution in [0.4, 0.5) is 4.39 Å². The highest BCUT2D eigenvalue weighted by molar-refractivity contribution is 8.14. The molecule has 2 heterocycles. The van der Waals surface area contributed by atoms with Crippen molar-refractivity contribution in [2.45, 2.75) is 33.1 Å². The largest absolute Gasteiger partial charge is 0.305 e. The van der Waals surface area contributed by atoms with Crippen LogP contribution in [0.5, 0.6) is 0 Å². The SMILES string of the molecule is Cc1ccc(CC(c2ccc3c(cnn3-c3ccc(F)cc3)c2)C(C)(C)C(=O)NC2=NCCS2)cc1. The van der Waals surface area contributed by atoms with Crippen LogP contribution in [0.3, 0.4) is 0 Å². The summed E-state index contributed by atoms with van der Waals surface area (Å²) in [5, 5.41) is 9.29. The van der Waals surface area contributed by atoms with E-state index in [0.717, 1.165) is 40.9 Å². The van der Waals surface area contributed by atoms with Crippen LogP contribution in [0.15, 0.2) is 77.9 Å². The van der Waals surface area contributed by atoms with Gasteiger partial charge in [-0.05, 0) is 60.9 Å². The normalized spacial score (nSPS) is 14.6. The topological polar surface area (TPSA) is 59.3 Å². The first-order chi connectivity index (χ1) is 17.3. The van der Waals surface area contributed by atoms with E-state index in [-0.39, 0.29) is 17.6 Å². The number of nitrogens with zero attached hydrogens (tertiary/aromatic N) is 3. The Morgan fingerprint density at radius 2 is 1.86 bits per heavy atom. The highest BCUT2D eigenvalue weighted by Gasteiger charge is 2.38. The summed E-state index contributed by atoms with van der Waals surface area (Å²) < 4.78 is 15.2. The molecule has 1 aliphatic rings. The lowest BCUT2D eigenvalue weighted by Crippen LogP contribution is -2.43. The third-order valence-electron chi connectivity index (χ3n) is 6.89. The molecule has 5 nitrogen and oxygen atoms in total. The van der Waals surface area contributed by atoms with Crippen molar-refractivity contribution in [3.8, 4) is 5.69 Å². The van der Waals surface area contributed by atoms with Crippen LogP contribution in [0, 0.1) is 18.2 Å². The average molecular weight is 501 g/mol. The number of aliphatic imine (C=N–C) groups is 1. The van der Waals surface area contributed by atoms with Crippen molar-refractivity contribution in [3.63, 3.8) is 0 Å². The number of rotatable bonds is 6. The molecule has 1 amide bonds. The van der Waals surface area contributed by atoms with Gasteiger partial charge in [0.15, 0.2) is 5.17 Å². The molecular weight excluding hydrogens is 471 g/mol. The van der Waals surface area contributed by atoms with Gasteiger partial charge in [-0.3, -0.25) is 9.79 Å². The van der Waals surface area contributed by atoms with Gasteiger partial charge in [0.25, 0.3) is 0 Å². The minimum atomic E-state index is -0.697. The summed E-state index contributed by atoms with van der Waals surface area (Å²) in [6.45, 7) is 6.83. The number of hydrogen-bond acceptors (Lipinski definition) is 4. The summed E-state index contributed by atoms with van der Waals surface area (Å²) in [6.07, 6.45) is 2.54. The van der Waals surface area contributed by atoms with E-state index < -0.39 is 5.41 Å². The van der Waals surface area contributed by atoms with Gasteiger partial charge in [0.1, 0.15) is 5.82 Å². The van der Waals surface area contributed by atoms with Crippen LogP contribution >= 0.6 is 11.8 Å². The van der Waals surface area contributed by atoms with Crippen molar-refractivity contribution in [2.75, 3.05) is 12.3 Å². The van der Waals surface area contributed by atoms with E-state index >= 15 is 0 Å². The Balaban J connectivity index is 1.52. The first-order valence-corrected chi connectivity index (χ1v) is 13.1. The van der Waals surface area contributed by atoms with Crippen molar-refractivity contribution in [1.29, 1.82) is 0 Å². The molecule has 3 aromatic carbocycles. The zero-order chi connectivity index (χ0) is 25.3. The lowest BCUT2D eigenvalue weighted by atomic mass is 9.71. The summed E-state index contributed by atoms with van der Waals surface area (Å²) in [7, 11) is 0. The van der Waals surface area contributed by atoms with Gasteiger partial charge in [-0.25, -0.2) is 9.07 Å². The number of aryl methyl sites for hydroxylation is 1. The molecule has 7 heteroatoms. The Morgan fingerprint density at radius 3 is 2.56 bits per heavy atom. The lowest BCUT2D eigenvalue weighted by Gasteiger charge is -2.34. The van der Waals surface area contributed by atoms with Gasteiger partial charge in [0.05, 0.1) is 29.4 Å². The van der Waals surface area contributed by atoms with E-state index in [2.05, 4.69) is 58.7 Å². The number of amides is 1. The molecular formula is C29H29FN4OS. The molecule has 1 atom stereocenters.